The van der Waals surface area contributed by atoms with Gasteiger partial charge in [0.15, 0.2) is 0 Å². The molecule has 1 N–H and O–H groups in total. The van der Waals surface area contributed by atoms with Gasteiger partial charge in [-0.3, -0.25) is 0 Å². The second-order valence-corrected chi connectivity index (χ2v) is 6.15. The van der Waals surface area contributed by atoms with Gasteiger partial charge in [-0.1, -0.05) is 0 Å². The molecule has 0 radical (unpaired) electrons. The number of halogens is 1. The molecule has 0 aromatic carbocycles. The van der Waals surface area contributed by atoms with E-state index in [1.807, 2.05) is 0 Å². The summed E-state index contributed by atoms with van der Waals surface area (Å²) in [7, 11) is 1.43. The van der Waals surface area contributed by atoms with Crippen LogP contribution in [0.2, 0.25) is 0 Å². The standard InChI is InChI=1S/C7H13INO4/c1-7(2,3)13-6(12)9(4)8-5(10)11/h1-4H3,(H,10,11)/q-1. The first-order valence-electron chi connectivity index (χ1n) is 3.57. The molecule has 0 aliphatic heterocycles. The summed E-state index contributed by atoms with van der Waals surface area (Å²) in [5.41, 5.74) is -0.576. The normalized spacial score (nSPS) is 11.1. The summed E-state index contributed by atoms with van der Waals surface area (Å²) >= 11 is -1.32. The summed E-state index contributed by atoms with van der Waals surface area (Å²) in [5.74, 6) is 0. The van der Waals surface area contributed by atoms with Crippen molar-refractivity contribution in [2.45, 2.75) is 26.4 Å². The number of carbonyl (C=O) groups is 2. The number of rotatable bonds is 2. The summed E-state index contributed by atoms with van der Waals surface area (Å²) in [4.78, 5) is 21.4. The fraction of sp³-hybridized carbons (Fsp3) is 0.714. The summed E-state index contributed by atoms with van der Waals surface area (Å²) in [6.07, 6.45) is -0.581. The van der Waals surface area contributed by atoms with Gasteiger partial charge in [0.1, 0.15) is 0 Å². The SMILES string of the molecule is CN([I-]C(=O)O)C(=O)OC(C)(C)C. The number of carboxylic acid groups (broad SMARTS) is 1. The zero-order valence-corrected chi connectivity index (χ0v) is 10.2. The van der Waals surface area contributed by atoms with Crippen LogP contribution >= 0.6 is 0 Å². The predicted molar refractivity (Wildman–Crippen MR) is 42.0 cm³/mol. The number of ether oxygens (including phenoxy) is 1. The molecule has 5 nitrogen and oxygen atoms in total. The van der Waals surface area contributed by atoms with Gasteiger partial charge in [-0.15, -0.1) is 0 Å². The van der Waals surface area contributed by atoms with Crippen molar-refractivity contribution in [1.29, 1.82) is 0 Å². The monoisotopic (exact) mass is 302 g/mol. The zero-order chi connectivity index (χ0) is 10.6. The van der Waals surface area contributed by atoms with Crippen molar-refractivity contribution in [3.8, 4) is 0 Å². The molecule has 0 heterocycles. The van der Waals surface area contributed by atoms with Gasteiger partial charge in [-0.05, 0) is 0 Å². The van der Waals surface area contributed by atoms with Gasteiger partial charge in [0.25, 0.3) is 0 Å². The van der Waals surface area contributed by atoms with E-state index in [-0.39, 0.29) is 0 Å². The van der Waals surface area contributed by atoms with Crippen LogP contribution in [0.15, 0.2) is 0 Å². The Hall–Kier alpha value is -0.530. The third-order valence-corrected chi connectivity index (χ3v) is 2.37. The van der Waals surface area contributed by atoms with Crippen molar-refractivity contribution >= 4 is 10.1 Å². The van der Waals surface area contributed by atoms with Crippen LogP contribution < -0.4 is 21.5 Å². The van der Waals surface area contributed by atoms with Crippen LogP contribution in [0.3, 0.4) is 0 Å². The van der Waals surface area contributed by atoms with Crippen molar-refractivity contribution in [1.82, 2.24) is 3.11 Å². The van der Waals surface area contributed by atoms with Gasteiger partial charge in [-0.2, -0.15) is 0 Å². The molecule has 0 rings (SSSR count). The molecule has 0 fully saturated rings. The molecule has 0 bridgehead atoms. The van der Waals surface area contributed by atoms with Crippen LogP contribution in [-0.4, -0.2) is 30.9 Å². The number of nitrogens with zero attached hydrogens (tertiary/aromatic N) is 1. The van der Waals surface area contributed by atoms with E-state index in [9.17, 15) is 9.59 Å². The van der Waals surface area contributed by atoms with Crippen LogP contribution in [0.5, 0.6) is 0 Å². The minimum absolute atomic E-state index is 0.576. The van der Waals surface area contributed by atoms with E-state index in [1.54, 1.807) is 20.8 Å². The first-order chi connectivity index (χ1) is 5.72. The summed E-state index contributed by atoms with van der Waals surface area (Å²) in [6, 6.07) is 0. The molecule has 0 aliphatic rings. The molecule has 0 atom stereocenters. The van der Waals surface area contributed by atoms with Crippen LogP contribution in [-0.2, 0) is 4.74 Å². The Kier molecular flexibility index (Phi) is 4.45. The van der Waals surface area contributed by atoms with Crippen molar-refractivity contribution in [3.05, 3.63) is 0 Å². The predicted octanol–water partition coefficient (Wildman–Crippen LogP) is -1.46. The van der Waals surface area contributed by atoms with E-state index in [0.717, 1.165) is 3.11 Å². The summed E-state index contributed by atoms with van der Waals surface area (Å²) in [6.45, 7) is 5.20. The Morgan fingerprint density at radius 3 is 2.15 bits per heavy atom. The van der Waals surface area contributed by atoms with Gasteiger partial charge in [0.2, 0.25) is 0 Å². The number of amides is 1. The van der Waals surface area contributed by atoms with E-state index in [2.05, 4.69) is 0 Å². The Morgan fingerprint density at radius 2 is 1.85 bits per heavy atom. The Labute approximate surface area is 87.7 Å². The van der Waals surface area contributed by atoms with Crippen LogP contribution in [0.25, 0.3) is 0 Å². The van der Waals surface area contributed by atoms with Crippen molar-refractivity contribution in [3.63, 3.8) is 0 Å². The molecule has 13 heavy (non-hydrogen) atoms. The molecule has 0 saturated carbocycles. The number of hydrogen-bond acceptors (Lipinski definition) is 3. The quantitative estimate of drug-likeness (QED) is 0.384. The van der Waals surface area contributed by atoms with E-state index in [0.29, 0.717) is 0 Å². The molecule has 0 spiro atoms. The van der Waals surface area contributed by atoms with Gasteiger partial charge in [0.05, 0.1) is 0 Å². The molecule has 0 aromatic heterocycles. The first-order valence-corrected chi connectivity index (χ1v) is 5.61. The summed E-state index contributed by atoms with van der Waals surface area (Å²) < 4.78 is 5.12. The van der Waals surface area contributed by atoms with Crippen molar-refractivity contribution < 1.29 is 40.9 Å². The maximum atomic E-state index is 11.2. The van der Waals surface area contributed by atoms with Gasteiger partial charge in [0, 0.05) is 0 Å². The molecular formula is C7H13INO4-. The van der Waals surface area contributed by atoms with E-state index in [4.69, 9.17) is 9.84 Å². The third kappa shape index (κ3) is 6.62. The summed E-state index contributed by atoms with van der Waals surface area (Å²) in [5, 5.41) is 8.43. The molecule has 0 aliphatic carbocycles. The molecule has 1 amide bonds. The second-order valence-electron chi connectivity index (χ2n) is 3.29. The van der Waals surface area contributed by atoms with Crippen LogP contribution in [0.1, 0.15) is 20.8 Å². The molecular weight excluding hydrogens is 289 g/mol. The Bertz CT molecular complexity index is 211. The maximum absolute atomic E-state index is 11.2. The third-order valence-electron chi connectivity index (χ3n) is 0.844. The Morgan fingerprint density at radius 1 is 1.38 bits per heavy atom. The minimum atomic E-state index is -1.32. The van der Waals surface area contributed by atoms with Crippen molar-refractivity contribution in [2.75, 3.05) is 7.05 Å². The molecule has 6 heteroatoms. The number of hydrogen-bond donors (Lipinski definition) is 1. The van der Waals surface area contributed by atoms with Gasteiger partial charge < -0.3 is 0 Å². The van der Waals surface area contributed by atoms with Gasteiger partial charge >= 0.3 is 87.5 Å². The molecule has 78 valence electrons. The fourth-order valence-electron chi connectivity index (χ4n) is 0.468. The van der Waals surface area contributed by atoms with Crippen molar-refractivity contribution in [2.24, 2.45) is 0 Å². The number of carbonyl (C=O) groups excluding carboxylic acids is 1. The van der Waals surface area contributed by atoms with E-state index in [1.165, 1.54) is 7.05 Å². The zero-order valence-electron chi connectivity index (χ0n) is 8.00. The first kappa shape index (κ1) is 12.5. The van der Waals surface area contributed by atoms with Crippen LogP contribution in [0, 0.1) is 0 Å². The van der Waals surface area contributed by atoms with Crippen LogP contribution in [0.4, 0.5) is 9.59 Å². The molecule has 0 unspecified atom stereocenters. The topological polar surface area (TPSA) is 66.8 Å². The Balaban J connectivity index is 4.05. The average Bonchev–Trinajstić information content (AvgIpc) is 1.81. The second kappa shape index (κ2) is 4.64. The fourth-order valence-corrected chi connectivity index (χ4v) is 1.38. The molecule has 0 saturated heterocycles. The van der Waals surface area contributed by atoms with E-state index >= 15 is 0 Å². The van der Waals surface area contributed by atoms with Gasteiger partial charge in [-0.25, -0.2) is 0 Å². The molecule has 0 aromatic rings. The van der Waals surface area contributed by atoms with E-state index < -0.39 is 37.1 Å². The average molecular weight is 302 g/mol.